The summed E-state index contributed by atoms with van der Waals surface area (Å²) < 4.78 is 1.99. The Morgan fingerprint density at radius 2 is 2.11 bits per heavy atom. The summed E-state index contributed by atoms with van der Waals surface area (Å²) in [5.41, 5.74) is 2.94. The molecule has 0 atom stereocenters. The van der Waals surface area contributed by atoms with E-state index in [1.807, 2.05) is 23.9 Å². The van der Waals surface area contributed by atoms with Crippen LogP contribution in [0.3, 0.4) is 0 Å². The molecule has 3 nitrogen and oxygen atoms in total. The van der Waals surface area contributed by atoms with Crippen molar-refractivity contribution in [2.24, 2.45) is 0 Å². The van der Waals surface area contributed by atoms with Crippen LogP contribution in [-0.2, 0) is 18.8 Å². The maximum Gasteiger partial charge on any atom is 0.0928 e. The van der Waals surface area contributed by atoms with Gasteiger partial charge in [-0.25, -0.2) is 4.98 Å². The Kier molecular flexibility index (Phi) is 5.25. The van der Waals surface area contributed by atoms with Gasteiger partial charge in [-0.2, -0.15) is 5.10 Å². The number of thiazole rings is 1. The van der Waals surface area contributed by atoms with E-state index in [-0.39, 0.29) is 0 Å². The Balaban J connectivity index is 1.79. The molecule has 0 spiro atoms. The second-order valence-electron chi connectivity index (χ2n) is 4.53. The molecule has 0 saturated carbocycles. The molecule has 0 fully saturated rings. The van der Waals surface area contributed by atoms with Gasteiger partial charge in [0.15, 0.2) is 0 Å². The molecule has 2 aromatic heterocycles. The molecule has 0 aromatic carbocycles. The minimum atomic E-state index is 0.501. The first-order chi connectivity index (χ1) is 9.11. The van der Waals surface area contributed by atoms with Crippen LogP contribution in [0.15, 0.2) is 5.38 Å². The molecule has 0 aliphatic carbocycles. The number of rotatable bonds is 6. The molecule has 0 saturated heterocycles. The van der Waals surface area contributed by atoms with Gasteiger partial charge >= 0.3 is 0 Å². The number of aryl methyl sites for hydroxylation is 3. The molecular weight excluding hydrogens is 301 g/mol. The molecule has 0 aliphatic rings. The third-order valence-electron chi connectivity index (χ3n) is 3.04. The van der Waals surface area contributed by atoms with Crippen molar-refractivity contribution < 1.29 is 0 Å². The third-order valence-corrected chi connectivity index (χ3v) is 4.82. The van der Waals surface area contributed by atoms with Gasteiger partial charge < -0.3 is 0 Å². The van der Waals surface area contributed by atoms with Crippen LogP contribution in [-0.4, -0.2) is 14.8 Å². The molecule has 0 amide bonds. The zero-order valence-corrected chi connectivity index (χ0v) is 13.4. The summed E-state index contributed by atoms with van der Waals surface area (Å²) in [6, 6.07) is 0. The van der Waals surface area contributed by atoms with Crippen LogP contribution in [0.5, 0.6) is 0 Å². The van der Waals surface area contributed by atoms with E-state index in [1.54, 1.807) is 11.3 Å². The fourth-order valence-electron chi connectivity index (χ4n) is 1.96. The quantitative estimate of drug-likeness (QED) is 0.585. The predicted octanol–water partition coefficient (Wildman–Crippen LogP) is 4.37. The summed E-state index contributed by atoms with van der Waals surface area (Å²) in [4.78, 5) is 4.45. The van der Waals surface area contributed by atoms with E-state index in [4.69, 9.17) is 23.2 Å². The second-order valence-corrected chi connectivity index (χ2v) is 6.12. The van der Waals surface area contributed by atoms with Crippen LogP contribution in [0.1, 0.15) is 34.9 Å². The molecule has 2 rings (SSSR count). The molecule has 2 heterocycles. The zero-order valence-electron chi connectivity index (χ0n) is 11.1. The Bertz CT molecular complexity index is 548. The van der Waals surface area contributed by atoms with Crippen molar-refractivity contribution in [1.82, 2.24) is 14.8 Å². The highest BCUT2D eigenvalue weighted by molar-refractivity contribution is 7.09. The van der Waals surface area contributed by atoms with E-state index < -0.39 is 0 Å². The molecule has 0 aliphatic heterocycles. The fraction of sp³-hybridized carbons (Fsp3) is 0.538. The standard InChI is InChI=1S/C13H17Cl2N3S/c1-9-13(15)10(2)18(17-9)6-4-3-5-12-16-11(7-14)8-19-12/h8H,3-7H2,1-2H3. The number of aromatic nitrogens is 3. The van der Waals surface area contributed by atoms with Gasteiger partial charge in [-0.05, 0) is 33.1 Å². The van der Waals surface area contributed by atoms with Crippen LogP contribution >= 0.6 is 34.5 Å². The average Bonchev–Trinajstić information content (AvgIpc) is 2.96. The zero-order chi connectivity index (χ0) is 13.8. The van der Waals surface area contributed by atoms with Gasteiger partial charge in [0, 0.05) is 11.9 Å². The number of hydrogen-bond acceptors (Lipinski definition) is 3. The first kappa shape index (κ1) is 14.8. The predicted molar refractivity (Wildman–Crippen MR) is 81.3 cm³/mol. The first-order valence-corrected chi connectivity index (χ1v) is 8.09. The minimum absolute atomic E-state index is 0.501. The number of alkyl halides is 1. The van der Waals surface area contributed by atoms with E-state index in [2.05, 4.69) is 10.1 Å². The maximum atomic E-state index is 6.12. The van der Waals surface area contributed by atoms with E-state index in [1.165, 1.54) is 5.01 Å². The molecule has 0 unspecified atom stereocenters. The van der Waals surface area contributed by atoms with Crippen molar-refractivity contribution in [2.45, 2.75) is 45.5 Å². The lowest BCUT2D eigenvalue weighted by Crippen LogP contribution is -2.03. The van der Waals surface area contributed by atoms with Gasteiger partial charge in [0.1, 0.15) is 0 Å². The normalized spacial score (nSPS) is 11.2. The van der Waals surface area contributed by atoms with E-state index in [9.17, 15) is 0 Å². The molecule has 6 heteroatoms. The molecule has 104 valence electrons. The van der Waals surface area contributed by atoms with Gasteiger partial charge in [-0.3, -0.25) is 4.68 Å². The van der Waals surface area contributed by atoms with Gasteiger partial charge in [-0.1, -0.05) is 11.6 Å². The minimum Gasteiger partial charge on any atom is -0.268 e. The summed E-state index contributed by atoms with van der Waals surface area (Å²) in [7, 11) is 0. The highest BCUT2D eigenvalue weighted by Crippen LogP contribution is 2.19. The largest absolute Gasteiger partial charge is 0.268 e. The summed E-state index contributed by atoms with van der Waals surface area (Å²) in [5.74, 6) is 0.501. The van der Waals surface area contributed by atoms with Crippen molar-refractivity contribution in [2.75, 3.05) is 0 Å². The van der Waals surface area contributed by atoms with Crippen molar-refractivity contribution in [3.63, 3.8) is 0 Å². The van der Waals surface area contributed by atoms with Crippen molar-refractivity contribution in [3.05, 3.63) is 32.5 Å². The van der Waals surface area contributed by atoms with E-state index >= 15 is 0 Å². The average molecular weight is 318 g/mol. The molecule has 19 heavy (non-hydrogen) atoms. The number of unbranched alkanes of at least 4 members (excludes halogenated alkanes) is 1. The Morgan fingerprint density at radius 3 is 2.68 bits per heavy atom. The topological polar surface area (TPSA) is 30.7 Å². The number of nitrogens with zero attached hydrogens (tertiary/aromatic N) is 3. The third kappa shape index (κ3) is 3.71. The first-order valence-electron chi connectivity index (χ1n) is 6.30. The summed E-state index contributed by atoms with van der Waals surface area (Å²) in [6.45, 7) is 4.86. The van der Waals surface area contributed by atoms with Gasteiger partial charge in [0.25, 0.3) is 0 Å². The van der Waals surface area contributed by atoms with Crippen LogP contribution < -0.4 is 0 Å². The molecule has 0 radical (unpaired) electrons. The number of hydrogen-bond donors (Lipinski definition) is 0. The SMILES string of the molecule is Cc1nn(CCCCc2nc(CCl)cs2)c(C)c1Cl. The Morgan fingerprint density at radius 1 is 1.32 bits per heavy atom. The van der Waals surface area contributed by atoms with Gasteiger partial charge in [-0.15, -0.1) is 22.9 Å². The summed E-state index contributed by atoms with van der Waals surface area (Å²) in [6.07, 6.45) is 3.19. The summed E-state index contributed by atoms with van der Waals surface area (Å²) in [5, 5.41) is 8.41. The fourth-order valence-corrected chi connectivity index (χ4v) is 3.16. The molecule has 0 N–H and O–H groups in total. The lowest BCUT2D eigenvalue weighted by molar-refractivity contribution is 0.543. The van der Waals surface area contributed by atoms with E-state index in [0.29, 0.717) is 5.88 Å². The highest BCUT2D eigenvalue weighted by Gasteiger charge is 2.08. The molecule has 0 bridgehead atoms. The lowest BCUT2D eigenvalue weighted by atomic mass is 10.2. The highest BCUT2D eigenvalue weighted by atomic mass is 35.5. The van der Waals surface area contributed by atoms with Crippen LogP contribution in [0.25, 0.3) is 0 Å². The van der Waals surface area contributed by atoms with Gasteiger partial charge in [0.2, 0.25) is 0 Å². The van der Waals surface area contributed by atoms with Crippen LogP contribution in [0.4, 0.5) is 0 Å². The Labute approximate surface area is 127 Å². The summed E-state index contributed by atoms with van der Waals surface area (Å²) >= 11 is 13.5. The second kappa shape index (κ2) is 6.73. The maximum absolute atomic E-state index is 6.12. The van der Waals surface area contributed by atoms with E-state index in [0.717, 1.165) is 47.9 Å². The van der Waals surface area contributed by atoms with Crippen molar-refractivity contribution in [3.8, 4) is 0 Å². The lowest BCUT2D eigenvalue weighted by Gasteiger charge is -2.03. The van der Waals surface area contributed by atoms with Crippen molar-refractivity contribution >= 4 is 34.5 Å². The monoisotopic (exact) mass is 317 g/mol. The van der Waals surface area contributed by atoms with Crippen LogP contribution in [0.2, 0.25) is 5.02 Å². The van der Waals surface area contributed by atoms with Crippen LogP contribution in [0, 0.1) is 13.8 Å². The molecule has 2 aromatic rings. The smallest absolute Gasteiger partial charge is 0.0928 e. The van der Waals surface area contributed by atoms with Gasteiger partial charge in [0.05, 0.1) is 33.0 Å². The van der Waals surface area contributed by atoms with Crippen molar-refractivity contribution in [1.29, 1.82) is 0 Å². The Hall–Kier alpha value is -0.580. The molecular formula is C13H17Cl2N3S. The number of halogens is 2.